The van der Waals surface area contributed by atoms with E-state index >= 15 is 0 Å². The molecule has 0 aliphatic carbocycles. The van der Waals surface area contributed by atoms with Crippen LogP contribution in [0.4, 0.5) is 10.5 Å². The fourth-order valence-corrected chi connectivity index (χ4v) is 6.19. The lowest BCUT2D eigenvalue weighted by Gasteiger charge is -2.42. The normalized spacial score (nSPS) is 33.5. The molecule has 2 saturated heterocycles. The number of nitrogens with zero attached hydrogens (tertiary/aromatic N) is 1. The summed E-state index contributed by atoms with van der Waals surface area (Å²) in [5.41, 5.74) is -0.587. The minimum absolute atomic E-state index is 0.00361. The van der Waals surface area contributed by atoms with Gasteiger partial charge in [-0.05, 0) is 38.0 Å². The summed E-state index contributed by atoms with van der Waals surface area (Å²) in [5.74, 6) is -1.30. The number of alkyl carbamates (subject to hydrolysis) is 1. The van der Waals surface area contributed by atoms with Crippen molar-refractivity contribution in [2.24, 2.45) is 11.8 Å². The summed E-state index contributed by atoms with van der Waals surface area (Å²) in [6.07, 6.45) is 1.65. The Morgan fingerprint density at radius 1 is 1.25 bits per heavy atom. The van der Waals surface area contributed by atoms with Gasteiger partial charge in [0.2, 0.25) is 5.91 Å². The van der Waals surface area contributed by atoms with E-state index in [1.165, 1.54) is 19.1 Å². The summed E-state index contributed by atoms with van der Waals surface area (Å²) in [5, 5.41) is 14.4. The maximum atomic E-state index is 13.8. The van der Waals surface area contributed by atoms with Crippen LogP contribution in [0.25, 0.3) is 0 Å². The molecule has 44 heavy (non-hydrogen) atoms. The lowest BCUT2D eigenvalue weighted by molar-refractivity contribution is -0.157. The third-order valence-corrected chi connectivity index (χ3v) is 9.06. The smallest absolute Gasteiger partial charge is 0.409 e. The van der Waals surface area contributed by atoms with Gasteiger partial charge in [-0.25, -0.2) is 4.79 Å². The first-order chi connectivity index (χ1) is 20.6. The molecule has 3 heterocycles. The average molecular weight is 635 g/mol. The van der Waals surface area contributed by atoms with Crippen molar-refractivity contribution >= 4 is 35.3 Å². The van der Waals surface area contributed by atoms with Crippen LogP contribution in [-0.4, -0.2) is 80.1 Å². The van der Waals surface area contributed by atoms with Gasteiger partial charge in [-0.1, -0.05) is 56.2 Å². The van der Waals surface area contributed by atoms with E-state index in [-0.39, 0.29) is 23.8 Å². The first kappa shape index (κ1) is 33.8. The molecular formula is C32H43ClN2O9. The fourth-order valence-electron chi connectivity index (χ4n) is 5.88. The summed E-state index contributed by atoms with van der Waals surface area (Å²) >= 11 is 6.68. The van der Waals surface area contributed by atoms with Crippen molar-refractivity contribution in [3.05, 3.63) is 46.5 Å². The molecule has 2 amide bonds. The van der Waals surface area contributed by atoms with Crippen LogP contribution >= 0.6 is 11.6 Å². The SMILES string of the molecule is COc1cc2cc(c1Cl)N(C)C(=O)CC(OC(=O)C(C)C)C1(C)OC1C(C)C1CC(O)(NC(=O)O1)C(OC)/C=C\C=C(C)C2. The molecule has 2 N–H and O–H groups in total. The number of epoxide rings is 1. The zero-order valence-corrected chi connectivity index (χ0v) is 27.3. The number of fused-ring (bicyclic) bond motifs is 5. The number of esters is 1. The Bertz CT molecular complexity index is 1350. The summed E-state index contributed by atoms with van der Waals surface area (Å²) in [6, 6.07) is 3.63. The quantitative estimate of drug-likeness (QED) is 0.366. The highest BCUT2D eigenvalue weighted by atomic mass is 35.5. The van der Waals surface area contributed by atoms with E-state index in [0.29, 0.717) is 17.9 Å². The monoisotopic (exact) mass is 634 g/mol. The fraction of sp³-hybridized carbons (Fsp3) is 0.594. The minimum atomic E-state index is -1.77. The number of aliphatic hydroxyl groups is 1. The molecule has 242 valence electrons. The van der Waals surface area contributed by atoms with E-state index in [9.17, 15) is 19.5 Å². The van der Waals surface area contributed by atoms with E-state index in [1.54, 1.807) is 40.0 Å². The molecule has 0 spiro atoms. The van der Waals surface area contributed by atoms with E-state index < -0.39 is 59.6 Å². The third kappa shape index (κ3) is 6.91. The molecule has 4 bridgehead atoms. The Kier molecular flexibility index (Phi) is 10.0. The van der Waals surface area contributed by atoms with Gasteiger partial charge < -0.3 is 33.7 Å². The molecule has 12 heteroatoms. The van der Waals surface area contributed by atoms with Crippen molar-refractivity contribution in [1.82, 2.24) is 5.32 Å². The van der Waals surface area contributed by atoms with Crippen LogP contribution < -0.4 is 15.0 Å². The minimum Gasteiger partial charge on any atom is -0.495 e. The largest absolute Gasteiger partial charge is 0.495 e. The second-order valence-electron chi connectivity index (χ2n) is 12.4. The Morgan fingerprint density at radius 3 is 2.59 bits per heavy atom. The highest BCUT2D eigenvalue weighted by Gasteiger charge is 2.64. The molecule has 11 nitrogen and oxygen atoms in total. The number of halogens is 1. The van der Waals surface area contributed by atoms with Crippen LogP contribution in [0.1, 0.15) is 53.0 Å². The molecular weight excluding hydrogens is 592 g/mol. The Labute approximate surface area is 263 Å². The number of ether oxygens (including phenoxy) is 5. The first-order valence-corrected chi connectivity index (χ1v) is 15.1. The van der Waals surface area contributed by atoms with Crippen LogP contribution in [0.15, 0.2) is 35.9 Å². The van der Waals surface area contributed by atoms with Crippen LogP contribution in [0, 0.1) is 11.8 Å². The molecule has 7 unspecified atom stereocenters. The van der Waals surface area contributed by atoms with Crippen molar-refractivity contribution in [2.75, 3.05) is 26.2 Å². The van der Waals surface area contributed by atoms with Crippen molar-refractivity contribution in [2.45, 2.75) is 89.6 Å². The highest BCUT2D eigenvalue weighted by Crippen LogP contribution is 2.49. The van der Waals surface area contributed by atoms with Gasteiger partial charge in [0, 0.05) is 26.5 Å². The molecule has 0 aromatic heterocycles. The molecule has 1 aromatic carbocycles. The summed E-state index contributed by atoms with van der Waals surface area (Å²) in [4.78, 5) is 40.7. The Balaban J connectivity index is 1.80. The number of methoxy groups -OCH3 is 2. The summed E-state index contributed by atoms with van der Waals surface area (Å²) in [7, 11) is 4.56. The third-order valence-electron chi connectivity index (χ3n) is 8.68. The number of nitrogens with one attached hydrogen (secondary N) is 1. The van der Waals surface area contributed by atoms with Crippen molar-refractivity contribution in [1.29, 1.82) is 0 Å². The Morgan fingerprint density at radius 2 is 1.95 bits per heavy atom. The van der Waals surface area contributed by atoms with Gasteiger partial charge in [-0.2, -0.15) is 0 Å². The highest BCUT2D eigenvalue weighted by molar-refractivity contribution is 6.35. The van der Waals surface area contributed by atoms with Gasteiger partial charge >= 0.3 is 12.1 Å². The van der Waals surface area contributed by atoms with Gasteiger partial charge in [0.25, 0.3) is 0 Å². The number of anilines is 1. The lowest BCUT2D eigenvalue weighted by Crippen LogP contribution is -2.63. The zero-order chi connectivity index (χ0) is 32.6. The second kappa shape index (κ2) is 13.1. The van der Waals surface area contributed by atoms with Gasteiger partial charge in [0.05, 0.1) is 31.2 Å². The Hall–Kier alpha value is -3.12. The van der Waals surface area contributed by atoms with E-state index in [4.69, 9.17) is 35.3 Å². The number of amides is 2. The van der Waals surface area contributed by atoms with E-state index in [0.717, 1.165) is 11.1 Å². The van der Waals surface area contributed by atoms with Crippen LogP contribution in [0.3, 0.4) is 0 Å². The molecule has 1 aromatic rings. The second-order valence-corrected chi connectivity index (χ2v) is 12.8. The number of benzene rings is 1. The zero-order valence-electron chi connectivity index (χ0n) is 26.5. The topological polar surface area (TPSA) is 136 Å². The average Bonchev–Trinajstić information content (AvgIpc) is 3.66. The van der Waals surface area contributed by atoms with Gasteiger partial charge in [-0.3, -0.25) is 14.9 Å². The number of carbonyl (C=O) groups is 3. The lowest BCUT2D eigenvalue weighted by atomic mass is 9.83. The first-order valence-electron chi connectivity index (χ1n) is 14.7. The van der Waals surface area contributed by atoms with E-state index in [2.05, 4.69) is 5.32 Å². The van der Waals surface area contributed by atoms with Crippen LogP contribution in [-0.2, 0) is 35.0 Å². The summed E-state index contributed by atoms with van der Waals surface area (Å²) < 4.78 is 28.8. The molecule has 4 rings (SSSR count). The number of carbonyl (C=O) groups excluding carboxylic acids is 3. The number of rotatable bonds is 4. The predicted octanol–water partition coefficient (Wildman–Crippen LogP) is 4.32. The van der Waals surface area contributed by atoms with Crippen LogP contribution in [0.2, 0.25) is 5.02 Å². The number of allylic oxidation sites excluding steroid dienone is 3. The van der Waals surface area contributed by atoms with Crippen molar-refractivity contribution in [3.63, 3.8) is 0 Å². The molecule has 7 atom stereocenters. The molecule has 3 aliphatic heterocycles. The van der Waals surface area contributed by atoms with Gasteiger partial charge in [0.1, 0.15) is 34.7 Å². The summed E-state index contributed by atoms with van der Waals surface area (Å²) in [6.45, 7) is 8.95. The molecule has 3 aliphatic rings. The van der Waals surface area contributed by atoms with Crippen molar-refractivity contribution < 1.29 is 43.2 Å². The maximum absolute atomic E-state index is 13.8. The van der Waals surface area contributed by atoms with Crippen LogP contribution in [0.5, 0.6) is 5.75 Å². The number of hydrogen-bond donors (Lipinski definition) is 2. The van der Waals surface area contributed by atoms with Gasteiger partial charge in [0.15, 0.2) is 5.72 Å². The standard InChI is InChI=1S/C32H43ClN2O9/c1-17(2)29(37)43-25-15-26(36)35(6)21-13-20(14-22(40-7)27(21)33)12-18(3)10-9-11-24(41-8)32(39)16-23(42-30(38)34-32)19(4)28-31(25,5)44-28/h9-11,13-14,17,19,23-25,28,39H,12,15-16H2,1-8H3,(H,34,38)/b11-9-,18-10?. The van der Waals surface area contributed by atoms with Crippen molar-refractivity contribution in [3.8, 4) is 5.75 Å². The molecule has 2 fully saturated rings. The maximum Gasteiger partial charge on any atom is 0.409 e. The van der Waals surface area contributed by atoms with Gasteiger partial charge in [-0.15, -0.1) is 0 Å². The molecule has 0 radical (unpaired) electrons. The number of hydrogen-bond acceptors (Lipinski definition) is 9. The molecule has 0 saturated carbocycles. The van der Waals surface area contributed by atoms with E-state index in [1.807, 2.05) is 32.1 Å². The predicted molar refractivity (Wildman–Crippen MR) is 164 cm³/mol.